The molecule has 0 spiro atoms. The molecule has 2 fully saturated rings. The van der Waals surface area contributed by atoms with Crippen molar-refractivity contribution in [3.05, 3.63) is 0 Å². The van der Waals surface area contributed by atoms with Crippen molar-refractivity contribution in [2.24, 2.45) is 17.6 Å². The number of carbonyl (C=O) groups excluding carboxylic acids is 1. The monoisotopic (exact) mass is 210 g/mol. The number of hydrogen-bond donors (Lipinski definition) is 2. The zero-order chi connectivity index (χ0) is 10.7. The van der Waals surface area contributed by atoms with Gasteiger partial charge in [-0.1, -0.05) is 25.7 Å². The normalized spacial score (nSPS) is 35.9. The first-order valence-electron chi connectivity index (χ1n) is 6.27. The maximum Gasteiger partial charge on any atom is 0.231 e. The summed E-state index contributed by atoms with van der Waals surface area (Å²) in [5.41, 5.74) is 5.14. The number of primary amides is 1. The molecule has 2 aliphatic carbocycles. The Hall–Kier alpha value is -0.570. The van der Waals surface area contributed by atoms with Crippen molar-refractivity contribution in [2.75, 3.05) is 6.54 Å². The predicted molar refractivity (Wildman–Crippen MR) is 60.3 cm³/mol. The van der Waals surface area contributed by atoms with Crippen LogP contribution in [0, 0.1) is 11.8 Å². The Kier molecular flexibility index (Phi) is 3.62. The zero-order valence-corrected chi connectivity index (χ0v) is 9.37. The number of hydrogen-bond acceptors (Lipinski definition) is 2. The molecule has 0 heterocycles. The fourth-order valence-corrected chi connectivity index (χ4v) is 3.30. The lowest BCUT2D eigenvalue weighted by molar-refractivity contribution is -0.117. The topological polar surface area (TPSA) is 55.1 Å². The molecule has 2 rings (SSSR count). The highest BCUT2D eigenvalue weighted by molar-refractivity contribution is 5.75. The van der Waals surface area contributed by atoms with E-state index in [2.05, 4.69) is 5.32 Å². The highest BCUT2D eigenvalue weighted by Gasteiger charge is 2.31. The van der Waals surface area contributed by atoms with Gasteiger partial charge >= 0.3 is 0 Å². The number of nitrogens with two attached hydrogens (primary N) is 1. The van der Waals surface area contributed by atoms with Crippen molar-refractivity contribution in [1.82, 2.24) is 5.32 Å². The minimum absolute atomic E-state index is 0.235. The molecule has 3 nitrogen and oxygen atoms in total. The third-order valence-corrected chi connectivity index (χ3v) is 4.10. The Morgan fingerprint density at radius 1 is 1.13 bits per heavy atom. The molecule has 86 valence electrons. The molecule has 1 amide bonds. The molecule has 0 radical (unpaired) electrons. The summed E-state index contributed by atoms with van der Waals surface area (Å²) >= 11 is 0. The summed E-state index contributed by atoms with van der Waals surface area (Å²) < 4.78 is 0. The molecule has 2 aliphatic rings. The van der Waals surface area contributed by atoms with Gasteiger partial charge in [-0.25, -0.2) is 0 Å². The first kappa shape index (κ1) is 10.9. The Labute approximate surface area is 91.8 Å². The fourth-order valence-electron chi connectivity index (χ4n) is 3.30. The lowest BCUT2D eigenvalue weighted by Crippen LogP contribution is -2.42. The lowest BCUT2D eigenvalue weighted by Gasteiger charge is -2.39. The van der Waals surface area contributed by atoms with E-state index in [1.54, 1.807) is 0 Å². The fraction of sp³-hybridized carbons (Fsp3) is 0.917. The Morgan fingerprint density at radius 2 is 1.87 bits per heavy atom. The molecule has 3 atom stereocenters. The summed E-state index contributed by atoms with van der Waals surface area (Å²) in [7, 11) is 0. The predicted octanol–water partition coefficient (Wildman–Crippen LogP) is 1.42. The van der Waals surface area contributed by atoms with E-state index >= 15 is 0 Å². The van der Waals surface area contributed by atoms with E-state index in [9.17, 15) is 4.79 Å². The van der Waals surface area contributed by atoms with Gasteiger partial charge in [0.1, 0.15) is 0 Å². The Bertz CT molecular complexity index is 230. The summed E-state index contributed by atoms with van der Waals surface area (Å²) in [6.45, 7) is 0.349. The standard InChI is InChI=1S/C12H22N2O/c13-12(15)8-14-11-6-5-9-3-1-2-4-10(9)7-11/h9-11,14H,1-8H2,(H2,13,15). The van der Waals surface area contributed by atoms with E-state index in [0.29, 0.717) is 12.6 Å². The lowest BCUT2D eigenvalue weighted by atomic mass is 9.69. The minimum atomic E-state index is -0.235. The van der Waals surface area contributed by atoms with Crippen molar-refractivity contribution in [3.63, 3.8) is 0 Å². The summed E-state index contributed by atoms with van der Waals surface area (Å²) in [5, 5.41) is 3.28. The van der Waals surface area contributed by atoms with Crippen molar-refractivity contribution in [3.8, 4) is 0 Å². The molecule has 0 aromatic rings. The van der Waals surface area contributed by atoms with Crippen LogP contribution >= 0.6 is 0 Å². The first-order chi connectivity index (χ1) is 7.25. The van der Waals surface area contributed by atoms with Crippen molar-refractivity contribution >= 4 is 5.91 Å². The van der Waals surface area contributed by atoms with Crippen molar-refractivity contribution in [1.29, 1.82) is 0 Å². The molecule has 0 saturated heterocycles. The van der Waals surface area contributed by atoms with Crippen molar-refractivity contribution < 1.29 is 4.79 Å². The van der Waals surface area contributed by atoms with Gasteiger partial charge in [-0.05, 0) is 31.1 Å². The second-order valence-corrected chi connectivity index (χ2v) is 5.16. The van der Waals surface area contributed by atoms with Crippen LogP contribution in [0.5, 0.6) is 0 Å². The maximum absolute atomic E-state index is 10.7. The molecule has 0 aromatic carbocycles. The van der Waals surface area contributed by atoms with Crippen LogP contribution in [0.15, 0.2) is 0 Å². The molecule has 2 saturated carbocycles. The van der Waals surface area contributed by atoms with E-state index in [4.69, 9.17) is 5.73 Å². The van der Waals surface area contributed by atoms with Gasteiger partial charge in [-0.15, -0.1) is 0 Å². The van der Waals surface area contributed by atoms with Gasteiger partial charge in [-0.3, -0.25) is 4.79 Å². The highest BCUT2D eigenvalue weighted by Crippen LogP contribution is 2.40. The van der Waals surface area contributed by atoms with Gasteiger partial charge in [0.15, 0.2) is 0 Å². The number of carbonyl (C=O) groups is 1. The molecular weight excluding hydrogens is 188 g/mol. The molecule has 0 aliphatic heterocycles. The maximum atomic E-state index is 10.7. The summed E-state index contributed by atoms with van der Waals surface area (Å²) in [4.78, 5) is 10.7. The number of rotatable bonds is 3. The van der Waals surface area contributed by atoms with Gasteiger partial charge in [0.2, 0.25) is 5.91 Å². The molecule has 3 heteroatoms. The largest absolute Gasteiger partial charge is 0.369 e. The van der Waals surface area contributed by atoms with Crippen LogP contribution in [0.1, 0.15) is 44.9 Å². The number of amides is 1. The summed E-state index contributed by atoms with van der Waals surface area (Å²) in [6.07, 6.45) is 9.52. The van der Waals surface area contributed by atoms with Crippen LogP contribution in [0.4, 0.5) is 0 Å². The Balaban J connectivity index is 1.78. The summed E-state index contributed by atoms with van der Waals surface area (Å²) in [6, 6.07) is 0.539. The van der Waals surface area contributed by atoms with E-state index in [0.717, 1.165) is 11.8 Å². The van der Waals surface area contributed by atoms with Crippen LogP contribution in [0.2, 0.25) is 0 Å². The van der Waals surface area contributed by atoms with Crippen LogP contribution < -0.4 is 11.1 Å². The van der Waals surface area contributed by atoms with E-state index < -0.39 is 0 Å². The van der Waals surface area contributed by atoms with Crippen LogP contribution in [-0.4, -0.2) is 18.5 Å². The average Bonchev–Trinajstić information content (AvgIpc) is 2.26. The smallest absolute Gasteiger partial charge is 0.231 e. The number of nitrogens with one attached hydrogen (secondary N) is 1. The third-order valence-electron chi connectivity index (χ3n) is 4.10. The van der Waals surface area contributed by atoms with Gasteiger partial charge in [-0.2, -0.15) is 0 Å². The van der Waals surface area contributed by atoms with Gasteiger partial charge in [0, 0.05) is 6.04 Å². The minimum Gasteiger partial charge on any atom is -0.369 e. The van der Waals surface area contributed by atoms with Crippen LogP contribution in [0.25, 0.3) is 0 Å². The highest BCUT2D eigenvalue weighted by atomic mass is 16.1. The molecule has 0 aromatic heterocycles. The molecule has 3 N–H and O–H groups in total. The van der Waals surface area contributed by atoms with E-state index in [-0.39, 0.29) is 5.91 Å². The van der Waals surface area contributed by atoms with E-state index in [1.807, 2.05) is 0 Å². The Morgan fingerprint density at radius 3 is 2.60 bits per heavy atom. The van der Waals surface area contributed by atoms with Crippen LogP contribution in [0.3, 0.4) is 0 Å². The second-order valence-electron chi connectivity index (χ2n) is 5.16. The van der Waals surface area contributed by atoms with Gasteiger partial charge in [0.25, 0.3) is 0 Å². The zero-order valence-electron chi connectivity index (χ0n) is 9.37. The number of fused-ring (bicyclic) bond motifs is 1. The third kappa shape index (κ3) is 2.94. The summed E-state index contributed by atoms with van der Waals surface area (Å²) in [5.74, 6) is 1.66. The molecule has 3 unspecified atom stereocenters. The van der Waals surface area contributed by atoms with Gasteiger partial charge in [0.05, 0.1) is 6.54 Å². The molecule has 0 bridgehead atoms. The van der Waals surface area contributed by atoms with Gasteiger partial charge < -0.3 is 11.1 Å². The molecular formula is C12H22N2O. The van der Waals surface area contributed by atoms with Crippen molar-refractivity contribution in [2.45, 2.75) is 51.0 Å². The van der Waals surface area contributed by atoms with Crippen LogP contribution in [-0.2, 0) is 4.79 Å². The van der Waals surface area contributed by atoms with E-state index in [1.165, 1.54) is 44.9 Å². The quantitative estimate of drug-likeness (QED) is 0.740. The molecule has 15 heavy (non-hydrogen) atoms. The first-order valence-corrected chi connectivity index (χ1v) is 6.27. The average molecular weight is 210 g/mol. The second kappa shape index (κ2) is 4.97. The SMILES string of the molecule is NC(=O)CNC1CCC2CCCCC2C1.